The summed E-state index contributed by atoms with van der Waals surface area (Å²) in [5, 5.41) is 28.9. The highest BCUT2D eigenvalue weighted by Gasteiger charge is 2.37. The molecule has 6 heteroatoms. The van der Waals surface area contributed by atoms with E-state index >= 15 is 0 Å². The van der Waals surface area contributed by atoms with Crippen LogP contribution in [0.25, 0.3) is 0 Å². The number of aliphatic hydroxyl groups is 1. The minimum atomic E-state index is -1.36. The molecule has 3 N–H and O–H groups in total. The number of carboxylic acids is 1. The molecule has 1 saturated carbocycles. The predicted molar refractivity (Wildman–Crippen MR) is 91.9 cm³/mol. The Hall–Kier alpha value is -2.60. The maximum Gasteiger partial charge on any atom is 0.341 e. The van der Waals surface area contributed by atoms with Crippen molar-refractivity contribution < 1.29 is 20.1 Å². The summed E-state index contributed by atoms with van der Waals surface area (Å²) in [6.45, 7) is 0.428. The molecule has 132 valence electrons. The molecule has 0 saturated heterocycles. The van der Waals surface area contributed by atoms with E-state index in [4.69, 9.17) is 0 Å². The molecule has 0 atom stereocenters. The lowest BCUT2D eigenvalue weighted by atomic mass is 9.68. The fourth-order valence-electron chi connectivity index (χ4n) is 3.69. The van der Waals surface area contributed by atoms with Crippen molar-refractivity contribution in [3.8, 4) is 5.75 Å². The van der Waals surface area contributed by atoms with Gasteiger partial charge in [0.15, 0.2) is 5.75 Å². The third-order valence-corrected chi connectivity index (χ3v) is 5.07. The van der Waals surface area contributed by atoms with Gasteiger partial charge in [0, 0.05) is 24.4 Å². The first-order valence-electron chi connectivity index (χ1n) is 8.31. The van der Waals surface area contributed by atoms with Gasteiger partial charge >= 0.3 is 5.97 Å². The van der Waals surface area contributed by atoms with Gasteiger partial charge in [-0.2, -0.15) is 0 Å². The van der Waals surface area contributed by atoms with Crippen LogP contribution in [-0.2, 0) is 12.0 Å². The smallest absolute Gasteiger partial charge is 0.341 e. The molecule has 1 heterocycles. The van der Waals surface area contributed by atoms with Crippen LogP contribution in [0.2, 0.25) is 0 Å². The number of aromatic nitrogens is 1. The topological polar surface area (TPSA) is 99.8 Å². The molecular weight excluding hydrogens is 322 g/mol. The summed E-state index contributed by atoms with van der Waals surface area (Å²) in [6.07, 6.45) is 5.04. The molecule has 0 aliphatic heterocycles. The van der Waals surface area contributed by atoms with E-state index in [1.165, 1.54) is 12.4 Å². The Kier molecular flexibility index (Phi) is 4.63. The zero-order valence-electron chi connectivity index (χ0n) is 13.8. The van der Waals surface area contributed by atoms with Gasteiger partial charge in [0.05, 0.1) is 6.10 Å². The molecule has 1 aromatic carbocycles. The second kappa shape index (κ2) is 6.72. The average molecular weight is 343 g/mol. The van der Waals surface area contributed by atoms with E-state index in [1.807, 2.05) is 30.3 Å². The number of carbonyl (C=O) groups is 1. The van der Waals surface area contributed by atoms with Crippen molar-refractivity contribution in [1.82, 2.24) is 4.57 Å². The largest absolute Gasteiger partial charge is 0.503 e. The van der Waals surface area contributed by atoms with Gasteiger partial charge < -0.3 is 19.9 Å². The van der Waals surface area contributed by atoms with Crippen LogP contribution in [-0.4, -0.2) is 32.0 Å². The fourth-order valence-corrected chi connectivity index (χ4v) is 3.69. The molecule has 0 unspecified atom stereocenters. The molecule has 0 amide bonds. The molecule has 1 fully saturated rings. The lowest BCUT2D eigenvalue weighted by Crippen LogP contribution is -2.38. The van der Waals surface area contributed by atoms with Gasteiger partial charge in [-0.25, -0.2) is 4.79 Å². The van der Waals surface area contributed by atoms with Gasteiger partial charge in [0.25, 0.3) is 0 Å². The Labute approximate surface area is 145 Å². The van der Waals surface area contributed by atoms with Crippen molar-refractivity contribution in [2.45, 2.75) is 43.7 Å². The monoisotopic (exact) mass is 343 g/mol. The molecule has 1 aliphatic rings. The Bertz CT molecular complexity index is 819. The number of carboxylic acid groups (broad SMARTS) is 1. The number of hydrogen-bond donors (Lipinski definition) is 3. The van der Waals surface area contributed by atoms with Crippen LogP contribution in [0.15, 0.2) is 47.5 Å². The van der Waals surface area contributed by atoms with Crippen molar-refractivity contribution in [2.24, 2.45) is 0 Å². The van der Waals surface area contributed by atoms with Crippen LogP contribution in [0.4, 0.5) is 0 Å². The van der Waals surface area contributed by atoms with Gasteiger partial charge in [-0.05, 0) is 31.2 Å². The van der Waals surface area contributed by atoms with E-state index in [9.17, 15) is 24.9 Å². The van der Waals surface area contributed by atoms with Crippen molar-refractivity contribution in [1.29, 1.82) is 0 Å². The molecule has 0 radical (unpaired) electrons. The highest BCUT2D eigenvalue weighted by molar-refractivity contribution is 5.87. The van der Waals surface area contributed by atoms with Gasteiger partial charge in [0.1, 0.15) is 5.56 Å². The summed E-state index contributed by atoms with van der Waals surface area (Å²) < 4.78 is 1.57. The Balaban J connectivity index is 2.02. The van der Waals surface area contributed by atoms with Gasteiger partial charge in [-0.15, -0.1) is 0 Å². The van der Waals surface area contributed by atoms with E-state index in [-0.39, 0.29) is 11.5 Å². The maximum absolute atomic E-state index is 11.8. The summed E-state index contributed by atoms with van der Waals surface area (Å²) in [5.74, 6) is -1.93. The molecule has 3 rings (SSSR count). The highest BCUT2D eigenvalue weighted by Crippen LogP contribution is 2.41. The van der Waals surface area contributed by atoms with Crippen molar-refractivity contribution in [2.75, 3.05) is 0 Å². The fraction of sp³-hybridized carbons (Fsp3) is 0.368. The van der Waals surface area contributed by atoms with Crippen LogP contribution in [0, 0.1) is 0 Å². The molecular formula is C19H21NO5. The highest BCUT2D eigenvalue weighted by atomic mass is 16.4. The molecule has 25 heavy (non-hydrogen) atoms. The number of aromatic hydroxyl groups is 1. The van der Waals surface area contributed by atoms with Crippen LogP contribution >= 0.6 is 0 Å². The zero-order chi connectivity index (χ0) is 18.0. The second-order valence-corrected chi connectivity index (χ2v) is 6.74. The standard InChI is InChI=1S/C19H21NO5/c21-14-6-8-19(9-7-14,13-4-2-1-3-5-13)12-20-10-15(18(24)25)17(23)16(22)11-20/h1-5,10-11,14,21-22H,6-9,12H2,(H,24,25)/t14-,19-. The molecule has 2 aromatic rings. The van der Waals surface area contributed by atoms with Gasteiger partial charge in [-0.1, -0.05) is 30.3 Å². The van der Waals surface area contributed by atoms with Crippen LogP contribution < -0.4 is 5.43 Å². The Morgan fingerprint density at radius 2 is 1.80 bits per heavy atom. The first kappa shape index (κ1) is 17.2. The van der Waals surface area contributed by atoms with Crippen molar-refractivity contribution >= 4 is 5.97 Å². The molecule has 6 nitrogen and oxygen atoms in total. The third-order valence-electron chi connectivity index (χ3n) is 5.07. The lowest BCUT2D eigenvalue weighted by molar-refractivity contribution is 0.0693. The Morgan fingerprint density at radius 3 is 2.40 bits per heavy atom. The first-order valence-corrected chi connectivity index (χ1v) is 8.31. The first-order chi connectivity index (χ1) is 11.9. The minimum absolute atomic E-state index is 0.280. The lowest BCUT2D eigenvalue weighted by Gasteiger charge is -2.40. The number of nitrogens with zero attached hydrogens (tertiary/aromatic N) is 1. The predicted octanol–water partition coefficient (Wildman–Crippen LogP) is 2.13. The Morgan fingerprint density at radius 1 is 1.16 bits per heavy atom. The number of benzene rings is 1. The summed E-state index contributed by atoms with van der Waals surface area (Å²) >= 11 is 0. The number of aliphatic hydroxyl groups excluding tert-OH is 1. The van der Waals surface area contributed by atoms with E-state index in [2.05, 4.69) is 0 Å². The zero-order valence-corrected chi connectivity index (χ0v) is 13.8. The minimum Gasteiger partial charge on any atom is -0.503 e. The van der Waals surface area contributed by atoms with E-state index in [0.717, 1.165) is 18.4 Å². The molecule has 0 bridgehead atoms. The van der Waals surface area contributed by atoms with E-state index in [0.29, 0.717) is 19.4 Å². The number of pyridine rings is 1. The number of hydrogen-bond acceptors (Lipinski definition) is 4. The van der Waals surface area contributed by atoms with Gasteiger partial charge in [-0.3, -0.25) is 4.79 Å². The van der Waals surface area contributed by atoms with Crippen LogP contribution in [0.5, 0.6) is 5.75 Å². The second-order valence-electron chi connectivity index (χ2n) is 6.74. The normalized spacial score (nSPS) is 23.3. The third kappa shape index (κ3) is 3.44. The number of aromatic carboxylic acids is 1. The van der Waals surface area contributed by atoms with E-state index < -0.39 is 22.7 Å². The van der Waals surface area contributed by atoms with Crippen LogP contribution in [0.1, 0.15) is 41.6 Å². The van der Waals surface area contributed by atoms with Gasteiger partial charge in [0.2, 0.25) is 5.43 Å². The summed E-state index contributed by atoms with van der Waals surface area (Å²) in [5.41, 5.74) is -0.495. The van der Waals surface area contributed by atoms with Crippen LogP contribution in [0.3, 0.4) is 0 Å². The molecule has 0 spiro atoms. The maximum atomic E-state index is 11.8. The molecule has 1 aromatic heterocycles. The quantitative estimate of drug-likeness (QED) is 0.790. The SMILES string of the molecule is O=C(O)c1cn(C[C@]2(c3ccccc3)CC[C@H](O)CC2)cc(O)c1=O. The number of rotatable bonds is 4. The van der Waals surface area contributed by atoms with Crippen molar-refractivity contribution in [3.63, 3.8) is 0 Å². The summed E-state index contributed by atoms with van der Waals surface area (Å²) in [7, 11) is 0. The summed E-state index contributed by atoms with van der Waals surface area (Å²) in [4.78, 5) is 23.0. The van der Waals surface area contributed by atoms with E-state index in [1.54, 1.807) is 4.57 Å². The summed E-state index contributed by atoms with van der Waals surface area (Å²) in [6, 6.07) is 9.89. The average Bonchev–Trinajstić information content (AvgIpc) is 2.60. The molecule has 1 aliphatic carbocycles. The van der Waals surface area contributed by atoms with Crippen molar-refractivity contribution in [3.05, 3.63) is 64.1 Å².